The van der Waals surface area contributed by atoms with Crippen LogP contribution in [0.1, 0.15) is 6.92 Å². The predicted molar refractivity (Wildman–Crippen MR) is 42.9 cm³/mol. The first-order chi connectivity index (χ1) is 5.09. The van der Waals surface area contributed by atoms with Crippen molar-refractivity contribution in [3.05, 3.63) is 12.7 Å². The van der Waals surface area contributed by atoms with Gasteiger partial charge in [0.2, 0.25) is 5.91 Å². The van der Waals surface area contributed by atoms with Crippen molar-refractivity contribution in [2.75, 3.05) is 6.54 Å². The molecule has 0 radical (unpaired) electrons. The zero-order valence-electron chi connectivity index (χ0n) is 6.58. The summed E-state index contributed by atoms with van der Waals surface area (Å²) in [7, 11) is 0. The Morgan fingerprint density at radius 1 is 1.91 bits per heavy atom. The summed E-state index contributed by atoms with van der Waals surface area (Å²) < 4.78 is 0. The molecule has 0 saturated heterocycles. The molecule has 0 saturated carbocycles. The van der Waals surface area contributed by atoms with E-state index in [2.05, 4.69) is 11.9 Å². The zero-order valence-corrected chi connectivity index (χ0v) is 6.58. The molecule has 0 aromatic carbocycles. The average molecular weight is 158 g/mol. The van der Waals surface area contributed by atoms with E-state index in [-0.39, 0.29) is 5.91 Å². The molecule has 4 N–H and O–H groups in total. The SMILES string of the molecule is C=CCNC(=O)[C@@H](N)[C@@H](C)O. The minimum absolute atomic E-state index is 0.361. The summed E-state index contributed by atoms with van der Waals surface area (Å²) in [6.45, 7) is 5.26. The highest BCUT2D eigenvalue weighted by Gasteiger charge is 2.17. The summed E-state index contributed by atoms with van der Waals surface area (Å²) in [6.07, 6.45) is 0.729. The number of nitrogens with two attached hydrogens (primary N) is 1. The van der Waals surface area contributed by atoms with Gasteiger partial charge < -0.3 is 16.2 Å². The second kappa shape index (κ2) is 4.87. The fourth-order valence-electron chi connectivity index (χ4n) is 0.510. The lowest BCUT2D eigenvalue weighted by Crippen LogP contribution is -2.47. The van der Waals surface area contributed by atoms with Gasteiger partial charge in [-0.1, -0.05) is 6.08 Å². The molecule has 0 aliphatic heterocycles. The topological polar surface area (TPSA) is 75.4 Å². The molecule has 0 unspecified atom stereocenters. The van der Waals surface area contributed by atoms with E-state index in [4.69, 9.17) is 10.8 Å². The molecule has 0 aliphatic rings. The highest BCUT2D eigenvalue weighted by Crippen LogP contribution is 1.87. The van der Waals surface area contributed by atoms with Crippen molar-refractivity contribution in [1.82, 2.24) is 5.32 Å². The van der Waals surface area contributed by atoms with Crippen molar-refractivity contribution >= 4 is 5.91 Å². The van der Waals surface area contributed by atoms with Gasteiger partial charge in [-0.2, -0.15) is 0 Å². The van der Waals surface area contributed by atoms with Crippen LogP contribution < -0.4 is 11.1 Å². The summed E-state index contributed by atoms with van der Waals surface area (Å²) in [5, 5.41) is 11.4. The third kappa shape index (κ3) is 3.75. The third-order valence-electron chi connectivity index (χ3n) is 1.24. The lowest BCUT2D eigenvalue weighted by molar-refractivity contribution is -0.124. The van der Waals surface area contributed by atoms with Crippen LogP contribution in [0.4, 0.5) is 0 Å². The smallest absolute Gasteiger partial charge is 0.239 e. The van der Waals surface area contributed by atoms with Crippen LogP contribution in [0.15, 0.2) is 12.7 Å². The molecule has 64 valence electrons. The van der Waals surface area contributed by atoms with Crippen LogP contribution in [0.3, 0.4) is 0 Å². The molecule has 0 heterocycles. The predicted octanol–water partition coefficient (Wildman–Crippen LogP) is -1.00. The number of amides is 1. The minimum Gasteiger partial charge on any atom is -0.391 e. The molecule has 0 spiro atoms. The normalized spacial score (nSPS) is 15.2. The molecule has 0 bridgehead atoms. The van der Waals surface area contributed by atoms with Crippen LogP contribution in [0.5, 0.6) is 0 Å². The van der Waals surface area contributed by atoms with Gasteiger partial charge in [-0.25, -0.2) is 0 Å². The van der Waals surface area contributed by atoms with Gasteiger partial charge in [-0.15, -0.1) is 6.58 Å². The van der Waals surface area contributed by atoms with Crippen molar-refractivity contribution in [1.29, 1.82) is 0 Å². The molecular weight excluding hydrogens is 144 g/mol. The lowest BCUT2D eigenvalue weighted by atomic mass is 10.2. The van der Waals surface area contributed by atoms with Crippen molar-refractivity contribution in [2.24, 2.45) is 5.73 Å². The number of aliphatic hydroxyl groups is 1. The molecule has 0 aromatic heterocycles. The first-order valence-electron chi connectivity index (χ1n) is 3.42. The van der Waals surface area contributed by atoms with E-state index < -0.39 is 12.1 Å². The Hall–Kier alpha value is -0.870. The fourth-order valence-corrected chi connectivity index (χ4v) is 0.510. The van der Waals surface area contributed by atoms with Crippen LogP contribution in [-0.4, -0.2) is 29.7 Å². The van der Waals surface area contributed by atoms with Crippen molar-refractivity contribution in [3.63, 3.8) is 0 Å². The highest BCUT2D eigenvalue weighted by atomic mass is 16.3. The summed E-state index contributed by atoms with van der Waals surface area (Å²) in [5.74, 6) is -0.361. The molecule has 0 fully saturated rings. The third-order valence-corrected chi connectivity index (χ3v) is 1.24. The van der Waals surface area contributed by atoms with E-state index >= 15 is 0 Å². The number of hydrogen-bond acceptors (Lipinski definition) is 3. The molecule has 4 heteroatoms. The maximum atomic E-state index is 10.9. The quantitative estimate of drug-likeness (QED) is 0.459. The summed E-state index contributed by atoms with van der Waals surface area (Å²) in [5.41, 5.74) is 5.30. The Balaban J connectivity index is 3.73. The summed E-state index contributed by atoms with van der Waals surface area (Å²) in [4.78, 5) is 10.9. The molecule has 0 aliphatic carbocycles. The van der Waals surface area contributed by atoms with Crippen LogP contribution in [-0.2, 0) is 4.79 Å². The molecule has 0 rings (SSSR count). The molecular formula is C7H14N2O2. The van der Waals surface area contributed by atoms with E-state index in [0.717, 1.165) is 0 Å². The second-order valence-corrected chi connectivity index (χ2v) is 2.30. The number of nitrogens with one attached hydrogen (secondary N) is 1. The second-order valence-electron chi connectivity index (χ2n) is 2.30. The van der Waals surface area contributed by atoms with Gasteiger partial charge in [-0.3, -0.25) is 4.79 Å². The van der Waals surface area contributed by atoms with Gasteiger partial charge in [0, 0.05) is 6.54 Å². The van der Waals surface area contributed by atoms with Crippen LogP contribution in [0.2, 0.25) is 0 Å². The van der Waals surface area contributed by atoms with E-state index in [0.29, 0.717) is 6.54 Å². The molecule has 4 nitrogen and oxygen atoms in total. The molecule has 2 atom stereocenters. The van der Waals surface area contributed by atoms with Crippen molar-refractivity contribution < 1.29 is 9.90 Å². The molecule has 11 heavy (non-hydrogen) atoms. The number of carbonyl (C=O) groups excluding carboxylic acids is 1. The Morgan fingerprint density at radius 3 is 2.82 bits per heavy atom. The molecule has 1 amide bonds. The zero-order chi connectivity index (χ0) is 8.85. The standard InChI is InChI=1S/C7H14N2O2/c1-3-4-9-7(11)6(8)5(2)10/h3,5-6,10H,1,4,8H2,2H3,(H,9,11)/t5-,6+/m1/s1. The van der Waals surface area contributed by atoms with E-state index in [9.17, 15) is 4.79 Å². The van der Waals surface area contributed by atoms with E-state index in [1.54, 1.807) is 6.08 Å². The van der Waals surface area contributed by atoms with Crippen molar-refractivity contribution in [2.45, 2.75) is 19.1 Å². The number of aliphatic hydroxyl groups excluding tert-OH is 1. The average Bonchev–Trinajstić information content (AvgIpc) is 1.98. The fraction of sp³-hybridized carbons (Fsp3) is 0.571. The van der Waals surface area contributed by atoms with Crippen LogP contribution in [0, 0.1) is 0 Å². The molecule has 0 aromatic rings. The van der Waals surface area contributed by atoms with Gasteiger partial charge >= 0.3 is 0 Å². The largest absolute Gasteiger partial charge is 0.391 e. The van der Waals surface area contributed by atoms with Crippen LogP contribution in [0.25, 0.3) is 0 Å². The Kier molecular flexibility index (Phi) is 4.49. The monoisotopic (exact) mass is 158 g/mol. The maximum Gasteiger partial charge on any atom is 0.239 e. The minimum atomic E-state index is -0.852. The maximum absolute atomic E-state index is 10.9. The first-order valence-corrected chi connectivity index (χ1v) is 3.42. The Bertz CT molecular complexity index is 145. The number of hydrogen-bond donors (Lipinski definition) is 3. The first kappa shape index (κ1) is 10.1. The number of rotatable bonds is 4. The van der Waals surface area contributed by atoms with Crippen molar-refractivity contribution in [3.8, 4) is 0 Å². The van der Waals surface area contributed by atoms with Gasteiger partial charge in [0.15, 0.2) is 0 Å². The summed E-state index contributed by atoms with van der Waals surface area (Å²) >= 11 is 0. The van der Waals surface area contributed by atoms with Gasteiger partial charge in [0.25, 0.3) is 0 Å². The van der Waals surface area contributed by atoms with Gasteiger partial charge in [0.1, 0.15) is 6.04 Å². The van der Waals surface area contributed by atoms with E-state index in [1.807, 2.05) is 0 Å². The van der Waals surface area contributed by atoms with Gasteiger partial charge in [0.05, 0.1) is 6.10 Å². The lowest BCUT2D eigenvalue weighted by Gasteiger charge is -2.13. The summed E-state index contributed by atoms with van der Waals surface area (Å²) in [6, 6.07) is -0.852. The Labute approximate surface area is 66.1 Å². The van der Waals surface area contributed by atoms with Gasteiger partial charge in [-0.05, 0) is 6.92 Å². The highest BCUT2D eigenvalue weighted by molar-refractivity contribution is 5.82. The van der Waals surface area contributed by atoms with Crippen LogP contribution >= 0.6 is 0 Å². The number of carbonyl (C=O) groups is 1. The van der Waals surface area contributed by atoms with E-state index in [1.165, 1.54) is 6.92 Å². The Morgan fingerprint density at radius 2 is 2.45 bits per heavy atom.